The van der Waals surface area contributed by atoms with Crippen molar-refractivity contribution in [1.82, 2.24) is 14.9 Å². The van der Waals surface area contributed by atoms with Crippen LogP contribution in [0.15, 0.2) is 46.2 Å². The minimum atomic E-state index is -4.21. The first kappa shape index (κ1) is 24.8. The van der Waals surface area contributed by atoms with Crippen LogP contribution in [-0.2, 0) is 24.8 Å². The van der Waals surface area contributed by atoms with Crippen LogP contribution in [0, 0.1) is 20.8 Å². The van der Waals surface area contributed by atoms with E-state index in [1.165, 1.54) is 36.9 Å². The molecular formula is C19H25N3O7S2. The van der Waals surface area contributed by atoms with Crippen molar-refractivity contribution in [3.63, 3.8) is 0 Å². The maximum Gasteiger partial charge on any atom is 0.262 e. The van der Waals surface area contributed by atoms with Crippen LogP contribution in [0.3, 0.4) is 0 Å². The summed E-state index contributed by atoms with van der Waals surface area (Å²) in [5.74, 6) is -0.670. The normalized spacial score (nSPS) is 12.9. The van der Waals surface area contributed by atoms with E-state index >= 15 is 0 Å². The highest BCUT2D eigenvalue weighted by Crippen LogP contribution is 2.22. The zero-order valence-electron chi connectivity index (χ0n) is 17.5. The predicted molar refractivity (Wildman–Crippen MR) is 113 cm³/mol. The van der Waals surface area contributed by atoms with Gasteiger partial charge in [0.2, 0.25) is 20.0 Å². The number of hydrogen-bond donors (Lipinski definition) is 4. The average Bonchev–Trinajstić information content (AvgIpc) is 2.69. The molecule has 1 unspecified atom stereocenters. The van der Waals surface area contributed by atoms with Crippen LogP contribution in [0.25, 0.3) is 0 Å². The number of sulfonamides is 2. The van der Waals surface area contributed by atoms with E-state index in [4.69, 9.17) is 9.94 Å². The zero-order valence-corrected chi connectivity index (χ0v) is 19.1. The second-order valence-electron chi connectivity index (χ2n) is 6.91. The molecule has 0 bridgehead atoms. The van der Waals surface area contributed by atoms with Crippen LogP contribution < -0.4 is 19.7 Å². The molecule has 4 N–H and O–H groups in total. The summed E-state index contributed by atoms with van der Waals surface area (Å²) in [5, 5.41) is 9.00. The second kappa shape index (κ2) is 9.75. The van der Waals surface area contributed by atoms with Gasteiger partial charge in [-0.25, -0.2) is 27.0 Å². The molecule has 1 atom stereocenters. The summed E-state index contributed by atoms with van der Waals surface area (Å²) in [6, 6.07) is 7.22. The van der Waals surface area contributed by atoms with Gasteiger partial charge in [0.1, 0.15) is 11.8 Å². The van der Waals surface area contributed by atoms with E-state index in [9.17, 15) is 21.6 Å². The topological polar surface area (TPSA) is 151 Å². The number of benzene rings is 2. The van der Waals surface area contributed by atoms with Crippen LogP contribution in [-0.4, -0.2) is 47.6 Å². The van der Waals surface area contributed by atoms with Gasteiger partial charge >= 0.3 is 0 Å². The molecule has 0 heterocycles. The summed E-state index contributed by atoms with van der Waals surface area (Å²) in [7, 11) is -6.84. The lowest BCUT2D eigenvalue weighted by Gasteiger charge is -2.19. The van der Waals surface area contributed by atoms with E-state index < -0.39 is 38.5 Å². The summed E-state index contributed by atoms with van der Waals surface area (Å²) in [6.07, 6.45) is 0. The molecule has 10 nitrogen and oxygen atoms in total. The first-order valence-electron chi connectivity index (χ1n) is 9.09. The second-order valence-corrected chi connectivity index (χ2v) is 10.3. The highest BCUT2D eigenvalue weighted by atomic mass is 32.2. The Morgan fingerprint density at radius 2 is 1.55 bits per heavy atom. The largest absolute Gasteiger partial charge is 0.497 e. The number of nitrogens with one attached hydrogen (secondary N) is 3. The molecular weight excluding hydrogens is 446 g/mol. The summed E-state index contributed by atoms with van der Waals surface area (Å²) in [4.78, 5) is 11.9. The van der Waals surface area contributed by atoms with Gasteiger partial charge in [0.15, 0.2) is 0 Å². The summed E-state index contributed by atoms with van der Waals surface area (Å²) in [6.45, 7) is 4.41. The highest BCUT2D eigenvalue weighted by Gasteiger charge is 2.29. The van der Waals surface area contributed by atoms with E-state index in [-0.39, 0.29) is 9.79 Å². The van der Waals surface area contributed by atoms with Gasteiger partial charge in [0, 0.05) is 6.54 Å². The Morgan fingerprint density at radius 1 is 1.00 bits per heavy atom. The molecule has 2 rings (SSSR count). The number of methoxy groups -OCH3 is 1. The van der Waals surface area contributed by atoms with E-state index in [2.05, 4.69) is 9.44 Å². The molecule has 0 aliphatic carbocycles. The number of aryl methyl sites for hydroxylation is 3. The smallest absolute Gasteiger partial charge is 0.262 e. The third-order valence-electron chi connectivity index (χ3n) is 4.44. The van der Waals surface area contributed by atoms with Gasteiger partial charge in [-0.2, -0.15) is 4.72 Å². The Kier molecular flexibility index (Phi) is 7.78. The first-order chi connectivity index (χ1) is 14.4. The number of hydroxylamine groups is 1. The number of carbonyl (C=O) groups excluding carboxylic acids is 1. The summed E-state index contributed by atoms with van der Waals surface area (Å²) < 4.78 is 60.2. The molecule has 12 heteroatoms. The van der Waals surface area contributed by atoms with E-state index in [1.807, 2.05) is 6.92 Å². The van der Waals surface area contributed by atoms with Crippen molar-refractivity contribution in [1.29, 1.82) is 0 Å². The number of hydrogen-bond acceptors (Lipinski definition) is 7. The van der Waals surface area contributed by atoms with Crippen molar-refractivity contribution in [3.05, 3.63) is 53.1 Å². The highest BCUT2D eigenvalue weighted by molar-refractivity contribution is 7.90. The fourth-order valence-electron chi connectivity index (χ4n) is 3.13. The lowest BCUT2D eigenvalue weighted by atomic mass is 10.1. The van der Waals surface area contributed by atoms with Crippen LogP contribution in [0.4, 0.5) is 0 Å². The maximum atomic E-state index is 12.9. The van der Waals surface area contributed by atoms with Gasteiger partial charge in [-0.3, -0.25) is 10.0 Å². The third-order valence-corrected chi connectivity index (χ3v) is 7.66. The zero-order chi connectivity index (χ0) is 23.4. The number of ether oxygens (including phenoxy) is 1. The molecule has 0 aromatic heterocycles. The Hall–Kier alpha value is -2.51. The Labute approximate surface area is 181 Å². The molecule has 170 valence electrons. The van der Waals surface area contributed by atoms with Crippen molar-refractivity contribution in [2.24, 2.45) is 0 Å². The predicted octanol–water partition coefficient (Wildman–Crippen LogP) is 0.751. The molecule has 0 fully saturated rings. The lowest BCUT2D eigenvalue weighted by Crippen LogP contribution is -2.52. The van der Waals surface area contributed by atoms with Gasteiger partial charge in [-0.05, 0) is 56.2 Å². The SMILES string of the molecule is COc1ccc(S(=O)(=O)NCC(NS(=O)(=O)c2c(C)cc(C)cc2C)C(=O)NO)cc1. The molecule has 1 amide bonds. The first-order valence-corrected chi connectivity index (χ1v) is 12.1. The molecule has 0 radical (unpaired) electrons. The minimum Gasteiger partial charge on any atom is -0.497 e. The van der Waals surface area contributed by atoms with Gasteiger partial charge in [0.05, 0.1) is 16.9 Å². The molecule has 0 saturated heterocycles. The van der Waals surface area contributed by atoms with Gasteiger partial charge in [-0.15, -0.1) is 0 Å². The van der Waals surface area contributed by atoms with Crippen molar-refractivity contribution >= 4 is 26.0 Å². The van der Waals surface area contributed by atoms with Gasteiger partial charge in [0.25, 0.3) is 5.91 Å². The van der Waals surface area contributed by atoms with Crippen molar-refractivity contribution in [2.45, 2.75) is 36.6 Å². The maximum absolute atomic E-state index is 12.9. The molecule has 2 aromatic rings. The standard InChI is InChI=1S/C19H25N3O7S2/c1-12-9-13(2)18(14(3)10-12)31(27,28)22-17(19(23)21-24)11-20-30(25,26)16-7-5-15(29-4)6-8-16/h5-10,17,20,22,24H,11H2,1-4H3,(H,21,23). The van der Waals surface area contributed by atoms with Crippen LogP contribution in [0.1, 0.15) is 16.7 Å². The summed E-state index contributed by atoms with van der Waals surface area (Å²) >= 11 is 0. The molecule has 0 aliphatic heterocycles. The van der Waals surface area contributed by atoms with Gasteiger partial charge in [-0.1, -0.05) is 17.7 Å². The fourth-order valence-corrected chi connectivity index (χ4v) is 5.83. The van der Waals surface area contributed by atoms with Crippen LogP contribution in [0.2, 0.25) is 0 Å². The van der Waals surface area contributed by atoms with Gasteiger partial charge < -0.3 is 4.74 Å². The van der Waals surface area contributed by atoms with E-state index in [0.29, 0.717) is 16.9 Å². The Balaban J connectivity index is 2.27. The van der Waals surface area contributed by atoms with Crippen molar-refractivity contribution in [2.75, 3.05) is 13.7 Å². The molecule has 2 aromatic carbocycles. The van der Waals surface area contributed by atoms with Crippen molar-refractivity contribution in [3.8, 4) is 5.75 Å². The molecule has 0 saturated carbocycles. The Morgan fingerprint density at radius 3 is 2.03 bits per heavy atom. The molecule has 31 heavy (non-hydrogen) atoms. The monoisotopic (exact) mass is 471 g/mol. The minimum absolute atomic E-state index is 0.0214. The van der Waals surface area contributed by atoms with Crippen LogP contribution >= 0.6 is 0 Å². The summed E-state index contributed by atoms with van der Waals surface area (Å²) in [5.41, 5.74) is 3.15. The van der Waals surface area contributed by atoms with Crippen LogP contribution in [0.5, 0.6) is 5.75 Å². The number of amides is 1. The van der Waals surface area contributed by atoms with E-state index in [0.717, 1.165) is 5.56 Å². The average molecular weight is 472 g/mol. The lowest BCUT2D eigenvalue weighted by molar-refractivity contribution is -0.130. The quantitative estimate of drug-likeness (QED) is 0.311. The third kappa shape index (κ3) is 6.02. The fraction of sp³-hybridized carbons (Fsp3) is 0.316. The molecule has 0 spiro atoms. The Bertz CT molecular complexity index is 1140. The number of rotatable bonds is 9. The van der Waals surface area contributed by atoms with Crippen molar-refractivity contribution < 1.29 is 31.6 Å². The number of carbonyl (C=O) groups is 1. The molecule has 0 aliphatic rings. The van der Waals surface area contributed by atoms with E-state index in [1.54, 1.807) is 26.0 Å².